The summed E-state index contributed by atoms with van der Waals surface area (Å²) in [6, 6.07) is 1.44. The number of halogens is 1. The van der Waals surface area contributed by atoms with Crippen molar-refractivity contribution < 1.29 is 13.9 Å². The molecule has 3 rings (SSSR count). The third kappa shape index (κ3) is 2.65. The maximum Gasteiger partial charge on any atom is 0.256 e. The van der Waals surface area contributed by atoms with Crippen LogP contribution in [-0.2, 0) is 4.74 Å². The number of ether oxygens (including phenoxy) is 1. The van der Waals surface area contributed by atoms with Gasteiger partial charge in [0, 0.05) is 31.4 Å². The first kappa shape index (κ1) is 14.4. The van der Waals surface area contributed by atoms with Gasteiger partial charge in [0.05, 0.1) is 25.0 Å². The number of amides is 1. The molecule has 0 bridgehead atoms. The second-order valence-electron chi connectivity index (χ2n) is 5.85. The van der Waals surface area contributed by atoms with Gasteiger partial charge >= 0.3 is 0 Å². The van der Waals surface area contributed by atoms with Crippen molar-refractivity contribution in [1.82, 2.24) is 14.8 Å². The van der Waals surface area contributed by atoms with Gasteiger partial charge in [-0.2, -0.15) is 0 Å². The summed E-state index contributed by atoms with van der Waals surface area (Å²) in [7, 11) is 2.11. The van der Waals surface area contributed by atoms with Crippen molar-refractivity contribution in [2.45, 2.75) is 18.4 Å². The van der Waals surface area contributed by atoms with Gasteiger partial charge in [-0.3, -0.25) is 14.7 Å². The lowest BCUT2D eigenvalue weighted by Gasteiger charge is -2.49. The van der Waals surface area contributed by atoms with Gasteiger partial charge in [0.1, 0.15) is 0 Å². The summed E-state index contributed by atoms with van der Waals surface area (Å²) in [6.45, 7) is 3.67. The number of hydrogen-bond donors (Lipinski definition) is 0. The number of likely N-dealkylation sites (N-methyl/N-ethyl adjacent to an activating group) is 1. The van der Waals surface area contributed by atoms with Gasteiger partial charge < -0.3 is 9.64 Å². The number of pyridine rings is 1. The van der Waals surface area contributed by atoms with Crippen LogP contribution in [-0.4, -0.2) is 66.1 Å². The Kier molecular flexibility index (Phi) is 3.91. The van der Waals surface area contributed by atoms with Gasteiger partial charge in [-0.1, -0.05) is 0 Å². The molecule has 0 radical (unpaired) electrons. The van der Waals surface area contributed by atoms with Crippen molar-refractivity contribution >= 4 is 5.91 Å². The third-order valence-electron chi connectivity index (χ3n) is 4.74. The first-order valence-electron chi connectivity index (χ1n) is 7.30. The Bertz CT molecular complexity index is 529. The van der Waals surface area contributed by atoms with E-state index in [0.717, 1.165) is 38.8 Å². The SMILES string of the molecule is CN1CCOCC12CCN(C(=O)c1ccncc1F)CC2. The van der Waals surface area contributed by atoms with Gasteiger partial charge in [-0.15, -0.1) is 0 Å². The molecule has 0 aliphatic carbocycles. The van der Waals surface area contributed by atoms with Gasteiger partial charge in [0.15, 0.2) is 5.82 Å². The van der Waals surface area contributed by atoms with Crippen molar-refractivity contribution in [2.75, 3.05) is 39.9 Å². The molecule has 2 aliphatic rings. The highest BCUT2D eigenvalue weighted by Gasteiger charge is 2.41. The van der Waals surface area contributed by atoms with Crippen LogP contribution in [0.2, 0.25) is 0 Å². The molecular formula is C15H20FN3O2. The van der Waals surface area contributed by atoms with Crippen LogP contribution in [0.3, 0.4) is 0 Å². The molecule has 1 aromatic rings. The Morgan fingerprint density at radius 3 is 2.81 bits per heavy atom. The number of carbonyl (C=O) groups is 1. The number of nitrogens with zero attached hydrogens (tertiary/aromatic N) is 3. The molecule has 21 heavy (non-hydrogen) atoms. The van der Waals surface area contributed by atoms with E-state index < -0.39 is 5.82 Å². The van der Waals surface area contributed by atoms with Crippen LogP contribution in [0.15, 0.2) is 18.5 Å². The molecular weight excluding hydrogens is 273 g/mol. The molecule has 3 heterocycles. The van der Waals surface area contributed by atoms with Crippen LogP contribution in [0.4, 0.5) is 4.39 Å². The molecule has 0 saturated carbocycles. The Balaban J connectivity index is 1.68. The Morgan fingerprint density at radius 1 is 1.38 bits per heavy atom. The molecule has 1 aromatic heterocycles. The maximum absolute atomic E-state index is 13.7. The average Bonchev–Trinajstić information content (AvgIpc) is 2.51. The van der Waals surface area contributed by atoms with E-state index >= 15 is 0 Å². The Hall–Kier alpha value is -1.53. The fourth-order valence-corrected chi connectivity index (χ4v) is 3.18. The monoisotopic (exact) mass is 293 g/mol. The molecule has 114 valence electrons. The lowest BCUT2D eigenvalue weighted by atomic mass is 9.85. The van der Waals surface area contributed by atoms with E-state index in [4.69, 9.17) is 4.74 Å². The molecule has 2 saturated heterocycles. The highest BCUT2D eigenvalue weighted by molar-refractivity contribution is 5.94. The summed E-state index contributed by atoms with van der Waals surface area (Å²) in [5.41, 5.74) is 0.139. The second kappa shape index (κ2) is 5.69. The van der Waals surface area contributed by atoms with Gasteiger partial charge in [-0.05, 0) is 26.0 Å². The second-order valence-corrected chi connectivity index (χ2v) is 5.85. The largest absolute Gasteiger partial charge is 0.378 e. The highest BCUT2D eigenvalue weighted by atomic mass is 19.1. The predicted octanol–water partition coefficient (Wildman–Crippen LogP) is 1.16. The maximum atomic E-state index is 13.7. The van der Waals surface area contributed by atoms with Crippen molar-refractivity contribution in [2.24, 2.45) is 0 Å². The minimum atomic E-state index is -0.555. The van der Waals surface area contributed by atoms with Crippen molar-refractivity contribution in [3.63, 3.8) is 0 Å². The van der Waals surface area contributed by atoms with Crippen LogP contribution < -0.4 is 0 Å². The Labute approximate surface area is 123 Å². The van der Waals surface area contributed by atoms with Crippen LogP contribution in [0.1, 0.15) is 23.2 Å². The number of likely N-dealkylation sites (tertiary alicyclic amines) is 1. The van der Waals surface area contributed by atoms with E-state index in [9.17, 15) is 9.18 Å². The standard InChI is InChI=1S/C15H20FN3O2/c1-18-8-9-21-11-15(18)3-6-19(7-4-15)14(20)12-2-5-17-10-13(12)16/h2,5,10H,3-4,6-9,11H2,1H3. The fourth-order valence-electron chi connectivity index (χ4n) is 3.18. The van der Waals surface area contributed by atoms with Crippen molar-refractivity contribution in [1.29, 1.82) is 0 Å². The van der Waals surface area contributed by atoms with Crippen molar-refractivity contribution in [3.05, 3.63) is 29.8 Å². The summed E-state index contributed by atoms with van der Waals surface area (Å²) in [4.78, 5) is 20.1. The number of piperidine rings is 1. The average molecular weight is 293 g/mol. The predicted molar refractivity (Wildman–Crippen MR) is 75.5 cm³/mol. The first-order valence-corrected chi connectivity index (χ1v) is 7.30. The summed E-state index contributed by atoms with van der Waals surface area (Å²) < 4.78 is 19.3. The van der Waals surface area contributed by atoms with Crippen LogP contribution >= 0.6 is 0 Å². The molecule has 0 aromatic carbocycles. The minimum Gasteiger partial charge on any atom is -0.378 e. The normalized spacial score (nSPS) is 22.5. The minimum absolute atomic E-state index is 0.0335. The Morgan fingerprint density at radius 2 is 2.14 bits per heavy atom. The summed E-state index contributed by atoms with van der Waals surface area (Å²) in [6.07, 6.45) is 4.26. The highest BCUT2D eigenvalue weighted by Crippen LogP contribution is 2.31. The van der Waals surface area contributed by atoms with E-state index in [-0.39, 0.29) is 17.0 Å². The van der Waals surface area contributed by atoms with Gasteiger partial charge in [0.25, 0.3) is 5.91 Å². The number of carbonyl (C=O) groups excluding carboxylic acids is 1. The molecule has 0 N–H and O–H groups in total. The summed E-state index contributed by atoms with van der Waals surface area (Å²) >= 11 is 0. The number of morpholine rings is 1. The topological polar surface area (TPSA) is 45.7 Å². The number of rotatable bonds is 1. The molecule has 2 aliphatic heterocycles. The lowest BCUT2D eigenvalue weighted by molar-refractivity contribution is -0.0796. The van der Waals surface area contributed by atoms with E-state index in [2.05, 4.69) is 16.9 Å². The zero-order valence-corrected chi connectivity index (χ0v) is 12.2. The first-order chi connectivity index (χ1) is 10.1. The van der Waals surface area contributed by atoms with E-state index in [1.165, 1.54) is 12.3 Å². The zero-order chi connectivity index (χ0) is 14.9. The number of aromatic nitrogens is 1. The van der Waals surface area contributed by atoms with E-state index in [1.54, 1.807) is 4.90 Å². The zero-order valence-electron chi connectivity index (χ0n) is 12.2. The van der Waals surface area contributed by atoms with E-state index in [0.29, 0.717) is 13.1 Å². The smallest absolute Gasteiger partial charge is 0.256 e. The summed E-state index contributed by atoms with van der Waals surface area (Å²) in [5.74, 6) is -0.801. The van der Waals surface area contributed by atoms with Crippen LogP contribution in [0, 0.1) is 5.82 Å². The molecule has 6 heteroatoms. The van der Waals surface area contributed by atoms with Gasteiger partial charge in [-0.25, -0.2) is 4.39 Å². The quantitative estimate of drug-likeness (QED) is 0.779. The van der Waals surface area contributed by atoms with Crippen LogP contribution in [0.25, 0.3) is 0 Å². The van der Waals surface area contributed by atoms with Crippen molar-refractivity contribution in [3.8, 4) is 0 Å². The molecule has 0 atom stereocenters. The van der Waals surface area contributed by atoms with E-state index in [1.807, 2.05) is 0 Å². The molecule has 1 spiro atoms. The molecule has 1 amide bonds. The third-order valence-corrected chi connectivity index (χ3v) is 4.74. The van der Waals surface area contributed by atoms with Crippen LogP contribution in [0.5, 0.6) is 0 Å². The fraction of sp³-hybridized carbons (Fsp3) is 0.600. The summed E-state index contributed by atoms with van der Waals surface area (Å²) in [5, 5.41) is 0. The molecule has 5 nitrogen and oxygen atoms in total. The molecule has 2 fully saturated rings. The van der Waals surface area contributed by atoms with Gasteiger partial charge in [0.2, 0.25) is 0 Å². The molecule has 0 unspecified atom stereocenters. The number of hydrogen-bond acceptors (Lipinski definition) is 4. The lowest BCUT2D eigenvalue weighted by Crippen LogP contribution is -2.60.